The van der Waals surface area contributed by atoms with Crippen molar-refractivity contribution in [3.05, 3.63) is 12.2 Å². The second kappa shape index (κ2) is 21.7. The average Bonchev–Trinajstić information content (AvgIpc) is 2.91. The van der Waals surface area contributed by atoms with Crippen molar-refractivity contribution < 1.29 is 39.8 Å². The van der Waals surface area contributed by atoms with Crippen LogP contribution in [0.25, 0.3) is 0 Å². The van der Waals surface area contributed by atoms with Crippen LogP contribution in [-0.4, -0.2) is 87.5 Å². The molecule has 224 valence electrons. The van der Waals surface area contributed by atoms with Gasteiger partial charge in [0.15, 0.2) is 6.29 Å². The van der Waals surface area contributed by atoms with E-state index in [0.717, 1.165) is 44.9 Å². The second-order valence-electron chi connectivity index (χ2n) is 10.6. The van der Waals surface area contributed by atoms with Crippen molar-refractivity contribution in [2.75, 3.05) is 13.2 Å². The summed E-state index contributed by atoms with van der Waals surface area (Å²) >= 11 is 0. The van der Waals surface area contributed by atoms with Gasteiger partial charge in [0.2, 0.25) is 5.91 Å². The lowest BCUT2D eigenvalue weighted by molar-refractivity contribution is -0.302. The molecular weight excluding hydrogens is 490 g/mol. The SMILES string of the molecule is CCCCCCCCCCC/C=C/C(O)C(COC1OC(CO)C(O)C(O)C1O)NC(=O)CCCCCC. The van der Waals surface area contributed by atoms with E-state index >= 15 is 0 Å². The molecule has 0 aromatic rings. The van der Waals surface area contributed by atoms with Crippen LogP contribution in [0.3, 0.4) is 0 Å². The van der Waals surface area contributed by atoms with Crippen LogP contribution < -0.4 is 5.32 Å². The number of carbonyl (C=O) groups is 1. The van der Waals surface area contributed by atoms with Gasteiger partial charge in [-0.05, 0) is 19.3 Å². The van der Waals surface area contributed by atoms with Crippen LogP contribution in [0.15, 0.2) is 12.2 Å². The van der Waals surface area contributed by atoms with Gasteiger partial charge in [-0.25, -0.2) is 0 Å². The highest BCUT2D eigenvalue weighted by atomic mass is 16.7. The Hall–Kier alpha value is -1.07. The van der Waals surface area contributed by atoms with Crippen molar-refractivity contribution >= 4 is 5.91 Å². The highest BCUT2D eigenvalue weighted by molar-refractivity contribution is 5.76. The molecule has 0 spiro atoms. The smallest absolute Gasteiger partial charge is 0.220 e. The van der Waals surface area contributed by atoms with Gasteiger partial charge in [0.25, 0.3) is 0 Å². The number of ether oxygens (including phenoxy) is 2. The first kappa shape index (κ1) is 35.0. The summed E-state index contributed by atoms with van der Waals surface area (Å²) in [4.78, 5) is 12.5. The number of allylic oxidation sites excluding steroid dienone is 1. The van der Waals surface area contributed by atoms with Gasteiger partial charge < -0.3 is 40.3 Å². The van der Waals surface area contributed by atoms with Crippen LogP contribution in [-0.2, 0) is 14.3 Å². The molecule has 9 heteroatoms. The van der Waals surface area contributed by atoms with Crippen molar-refractivity contribution in [3.63, 3.8) is 0 Å². The Morgan fingerprint density at radius 1 is 0.868 bits per heavy atom. The van der Waals surface area contributed by atoms with E-state index < -0.39 is 49.5 Å². The topological polar surface area (TPSA) is 149 Å². The number of amides is 1. The molecule has 0 aliphatic carbocycles. The molecule has 1 rings (SSSR count). The molecule has 1 heterocycles. The van der Waals surface area contributed by atoms with E-state index in [1.54, 1.807) is 6.08 Å². The third-order valence-corrected chi connectivity index (χ3v) is 7.11. The Labute approximate surface area is 229 Å². The van der Waals surface area contributed by atoms with E-state index in [0.29, 0.717) is 6.42 Å². The molecule has 0 saturated carbocycles. The number of carbonyl (C=O) groups excluding carboxylic acids is 1. The molecule has 9 nitrogen and oxygen atoms in total. The van der Waals surface area contributed by atoms with Crippen LogP contribution in [0.5, 0.6) is 0 Å². The van der Waals surface area contributed by atoms with Crippen molar-refractivity contribution in [3.8, 4) is 0 Å². The zero-order valence-electron chi connectivity index (χ0n) is 23.7. The molecule has 0 aromatic heterocycles. The molecule has 1 amide bonds. The van der Waals surface area contributed by atoms with Gasteiger partial charge in [-0.3, -0.25) is 4.79 Å². The largest absolute Gasteiger partial charge is 0.394 e. The number of aliphatic hydroxyl groups excluding tert-OH is 5. The molecule has 38 heavy (non-hydrogen) atoms. The van der Waals surface area contributed by atoms with Crippen LogP contribution >= 0.6 is 0 Å². The highest BCUT2D eigenvalue weighted by Gasteiger charge is 2.44. The fourth-order valence-electron chi connectivity index (χ4n) is 4.56. The average molecular weight is 546 g/mol. The first-order valence-electron chi connectivity index (χ1n) is 14.9. The zero-order chi connectivity index (χ0) is 28.2. The second-order valence-corrected chi connectivity index (χ2v) is 10.6. The minimum absolute atomic E-state index is 0.188. The summed E-state index contributed by atoms with van der Waals surface area (Å²) in [5, 5.41) is 53.2. The predicted octanol–water partition coefficient (Wildman–Crippen LogP) is 3.10. The summed E-state index contributed by atoms with van der Waals surface area (Å²) in [5.41, 5.74) is 0. The third kappa shape index (κ3) is 14.4. The Morgan fingerprint density at radius 3 is 2.05 bits per heavy atom. The van der Waals surface area contributed by atoms with Crippen LogP contribution in [0.4, 0.5) is 0 Å². The lowest BCUT2D eigenvalue weighted by Gasteiger charge is -2.40. The predicted molar refractivity (Wildman–Crippen MR) is 147 cm³/mol. The minimum Gasteiger partial charge on any atom is -0.394 e. The highest BCUT2D eigenvalue weighted by Crippen LogP contribution is 2.22. The minimum atomic E-state index is -1.56. The Morgan fingerprint density at radius 2 is 1.45 bits per heavy atom. The first-order valence-corrected chi connectivity index (χ1v) is 14.9. The van der Waals surface area contributed by atoms with Gasteiger partial charge in [0.05, 0.1) is 25.4 Å². The van der Waals surface area contributed by atoms with Gasteiger partial charge in [0.1, 0.15) is 24.4 Å². The van der Waals surface area contributed by atoms with Crippen LogP contribution in [0, 0.1) is 0 Å². The van der Waals surface area contributed by atoms with Crippen molar-refractivity contribution in [1.82, 2.24) is 5.32 Å². The van der Waals surface area contributed by atoms with Crippen LogP contribution in [0.2, 0.25) is 0 Å². The Kier molecular flexibility index (Phi) is 20.0. The van der Waals surface area contributed by atoms with Crippen molar-refractivity contribution in [2.24, 2.45) is 0 Å². The molecule has 1 saturated heterocycles. The van der Waals surface area contributed by atoms with Crippen molar-refractivity contribution in [1.29, 1.82) is 0 Å². The summed E-state index contributed by atoms with van der Waals surface area (Å²) in [5.74, 6) is -0.199. The van der Waals surface area contributed by atoms with E-state index in [4.69, 9.17) is 9.47 Å². The Balaban J connectivity index is 2.55. The molecule has 6 N–H and O–H groups in total. The monoisotopic (exact) mass is 545 g/mol. The maximum absolute atomic E-state index is 12.5. The molecule has 7 unspecified atom stereocenters. The standard InChI is InChI=1S/C29H55NO8/c1-3-5-7-9-10-11-12-13-14-15-16-18-23(32)22(30-25(33)19-17-8-6-4-2)21-37-29-28(36)27(35)26(34)24(20-31)38-29/h16,18,22-24,26-29,31-32,34-36H,3-15,17,19-21H2,1-2H3,(H,30,33)/b18-16+. The normalized spacial score (nSPS) is 25.5. The lowest BCUT2D eigenvalue weighted by atomic mass is 9.99. The van der Waals surface area contributed by atoms with Crippen LogP contribution in [0.1, 0.15) is 110 Å². The quantitative estimate of drug-likeness (QED) is 0.0898. The molecule has 0 radical (unpaired) electrons. The molecule has 0 aromatic carbocycles. The summed E-state index contributed by atoms with van der Waals surface area (Å²) < 4.78 is 11.0. The third-order valence-electron chi connectivity index (χ3n) is 7.11. The van der Waals surface area contributed by atoms with E-state index in [-0.39, 0.29) is 12.5 Å². The number of hydrogen-bond donors (Lipinski definition) is 6. The maximum atomic E-state index is 12.5. The fourth-order valence-corrected chi connectivity index (χ4v) is 4.56. The number of unbranched alkanes of at least 4 members (excludes halogenated alkanes) is 12. The molecule has 1 aliphatic rings. The molecular formula is C29H55NO8. The molecule has 0 bridgehead atoms. The van der Waals surface area contributed by atoms with E-state index in [2.05, 4.69) is 19.2 Å². The number of hydrogen-bond acceptors (Lipinski definition) is 8. The molecule has 1 fully saturated rings. The van der Waals surface area contributed by atoms with E-state index in [9.17, 15) is 30.3 Å². The van der Waals surface area contributed by atoms with E-state index in [1.165, 1.54) is 44.9 Å². The summed E-state index contributed by atoms with van der Waals surface area (Å²) in [6.45, 7) is 3.58. The zero-order valence-corrected chi connectivity index (χ0v) is 23.7. The summed E-state index contributed by atoms with van der Waals surface area (Å²) in [6.07, 6.45) is 11.7. The number of rotatable bonds is 22. The lowest BCUT2D eigenvalue weighted by Crippen LogP contribution is -2.60. The van der Waals surface area contributed by atoms with Gasteiger partial charge in [-0.1, -0.05) is 96.6 Å². The van der Waals surface area contributed by atoms with Gasteiger partial charge in [-0.2, -0.15) is 0 Å². The molecule has 7 atom stereocenters. The van der Waals surface area contributed by atoms with Gasteiger partial charge in [-0.15, -0.1) is 0 Å². The van der Waals surface area contributed by atoms with E-state index in [1.807, 2.05) is 6.08 Å². The summed E-state index contributed by atoms with van der Waals surface area (Å²) in [7, 11) is 0. The van der Waals surface area contributed by atoms with Gasteiger partial charge >= 0.3 is 0 Å². The Bertz CT molecular complexity index is 617. The van der Waals surface area contributed by atoms with Gasteiger partial charge in [0, 0.05) is 6.42 Å². The molecule has 1 aliphatic heterocycles. The maximum Gasteiger partial charge on any atom is 0.220 e. The first-order chi connectivity index (χ1) is 18.3. The summed E-state index contributed by atoms with van der Waals surface area (Å²) in [6, 6.07) is -0.791. The number of nitrogens with one attached hydrogen (secondary N) is 1. The van der Waals surface area contributed by atoms with Crippen molar-refractivity contribution in [2.45, 2.75) is 153 Å². The number of aliphatic hydroxyl groups is 5. The fraction of sp³-hybridized carbons (Fsp3) is 0.897.